The fraction of sp³-hybridized carbons (Fsp3) is 0.381. The summed E-state index contributed by atoms with van der Waals surface area (Å²) in [5.41, 5.74) is 1.36. The summed E-state index contributed by atoms with van der Waals surface area (Å²) in [7, 11) is -1.78. The van der Waals surface area contributed by atoms with E-state index in [9.17, 15) is 13.2 Å². The Kier molecular flexibility index (Phi) is 5.59. The predicted molar refractivity (Wildman–Crippen MR) is 119 cm³/mol. The molecule has 0 radical (unpaired) electrons. The van der Waals surface area contributed by atoms with Gasteiger partial charge in [0.2, 0.25) is 0 Å². The first-order valence-electron chi connectivity index (χ1n) is 9.86. The van der Waals surface area contributed by atoms with Crippen molar-refractivity contribution in [2.75, 3.05) is 11.9 Å². The third kappa shape index (κ3) is 3.83. The molecule has 0 atom stereocenters. The number of benzene rings is 1. The lowest BCUT2D eigenvalue weighted by molar-refractivity contribution is -0.111. The summed E-state index contributed by atoms with van der Waals surface area (Å²) in [4.78, 5) is 22.1. The number of anilines is 1. The fourth-order valence-electron chi connectivity index (χ4n) is 3.97. The van der Waals surface area contributed by atoms with Crippen molar-refractivity contribution >= 4 is 44.6 Å². The van der Waals surface area contributed by atoms with Gasteiger partial charge >= 0.3 is 0 Å². The van der Waals surface area contributed by atoms with Crippen LogP contribution < -0.4 is 4.90 Å². The van der Waals surface area contributed by atoms with Crippen LogP contribution in [-0.2, 0) is 14.8 Å². The number of hydrogen-bond donors (Lipinski definition) is 1. The molecule has 1 aromatic carbocycles. The molecule has 3 aromatic rings. The number of fused-ring (bicyclic) bond motifs is 1. The number of thiol groups is 1. The van der Waals surface area contributed by atoms with Crippen LogP contribution in [-0.4, -0.2) is 40.6 Å². The van der Waals surface area contributed by atoms with Crippen LogP contribution in [0.3, 0.4) is 0 Å². The smallest absolute Gasteiger partial charge is 0.269 e. The number of aromatic nitrogens is 3. The van der Waals surface area contributed by atoms with E-state index in [1.54, 1.807) is 30.3 Å². The molecule has 2 aromatic heterocycles. The molecule has 9 heteroatoms. The van der Waals surface area contributed by atoms with Gasteiger partial charge in [-0.15, -0.1) is 12.6 Å². The highest BCUT2D eigenvalue weighted by Crippen LogP contribution is 2.38. The van der Waals surface area contributed by atoms with Crippen LogP contribution in [0, 0.1) is 12.8 Å². The van der Waals surface area contributed by atoms with Crippen LogP contribution in [0.15, 0.2) is 47.8 Å². The summed E-state index contributed by atoms with van der Waals surface area (Å²) in [5, 5.41) is 0.630. The summed E-state index contributed by atoms with van der Waals surface area (Å²) in [6.07, 6.45) is 6.26. The maximum Gasteiger partial charge on any atom is 0.269 e. The Labute approximate surface area is 181 Å². The summed E-state index contributed by atoms with van der Waals surface area (Å²) < 4.78 is 27.5. The molecule has 1 fully saturated rings. The van der Waals surface area contributed by atoms with E-state index >= 15 is 0 Å². The van der Waals surface area contributed by atoms with E-state index in [4.69, 9.17) is 0 Å². The molecule has 2 heterocycles. The van der Waals surface area contributed by atoms with Crippen molar-refractivity contribution in [3.8, 4) is 0 Å². The number of hydrogen-bond acceptors (Lipinski definition) is 6. The molecule has 0 saturated heterocycles. The lowest BCUT2D eigenvalue weighted by atomic mass is 9.77. The topological polar surface area (TPSA) is 85.2 Å². The molecule has 0 bridgehead atoms. The van der Waals surface area contributed by atoms with Gasteiger partial charge in [0.05, 0.1) is 10.3 Å². The van der Waals surface area contributed by atoms with Crippen molar-refractivity contribution < 1.29 is 13.2 Å². The van der Waals surface area contributed by atoms with Gasteiger partial charge < -0.3 is 4.90 Å². The molecule has 1 aliphatic carbocycles. The van der Waals surface area contributed by atoms with Gasteiger partial charge in [-0.3, -0.25) is 4.79 Å². The van der Waals surface area contributed by atoms with Crippen molar-refractivity contribution in [1.82, 2.24) is 13.9 Å². The van der Waals surface area contributed by atoms with E-state index in [2.05, 4.69) is 27.5 Å². The highest BCUT2D eigenvalue weighted by Gasteiger charge is 2.33. The Morgan fingerprint density at radius 3 is 2.57 bits per heavy atom. The van der Waals surface area contributed by atoms with Crippen LogP contribution in [0.1, 0.15) is 31.2 Å². The molecule has 4 rings (SSSR count). The van der Waals surface area contributed by atoms with Crippen LogP contribution in [0.2, 0.25) is 0 Å². The van der Waals surface area contributed by atoms with Gasteiger partial charge in [0.1, 0.15) is 12.1 Å². The minimum absolute atomic E-state index is 0.0690. The number of nitrogens with zero attached hydrogens (tertiary/aromatic N) is 4. The van der Waals surface area contributed by atoms with E-state index in [1.807, 2.05) is 14.0 Å². The number of carbonyl (C=O) groups is 1. The fourth-order valence-corrected chi connectivity index (χ4v) is 5.40. The van der Waals surface area contributed by atoms with Gasteiger partial charge in [0.15, 0.2) is 10.8 Å². The van der Waals surface area contributed by atoms with Crippen molar-refractivity contribution in [3.63, 3.8) is 0 Å². The molecule has 0 spiro atoms. The Hall–Kier alpha value is -2.39. The quantitative estimate of drug-likeness (QED) is 0.562. The summed E-state index contributed by atoms with van der Waals surface area (Å²) in [6, 6.07) is 8.83. The highest BCUT2D eigenvalue weighted by atomic mass is 32.2. The SMILES string of the molecule is Cc1ccc(S(=O)(=O)n2ccc3c(N(C)C4CC(CCC(=O)S)C4)ncnc32)cc1. The van der Waals surface area contributed by atoms with Crippen molar-refractivity contribution in [2.24, 2.45) is 5.92 Å². The lowest BCUT2D eigenvalue weighted by Gasteiger charge is -2.42. The Bertz CT molecular complexity index is 1180. The second-order valence-corrected chi connectivity index (χ2v) is 10.2. The Balaban J connectivity index is 1.60. The zero-order valence-corrected chi connectivity index (χ0v) is 18.6. The van der Waals surface area contributed by atoms with Gasteiger partial charge in [-0.2, -0.15) is 0 Å². The maximum atomic E-state index is 13.1. The maximum absolute atomic E-state index is 13.1. The number of aryl methyl sites for hydroxylation is 1. The minimum Gasteiger partial charge on any atom is -0.356 e. The van der Waals surface area contributed by atoms with E-state index in [0.29, 0.717) is 35.2 Å². The molecule has 0 N–H and O–H groups in total. The average molecular weight is 445 g/mol. The lowest BCUT2D eigenvalue weighted by Crippen LogP contribution is -2.43. The third-order valence-electron chi connectivity index (χ3n) is 5.86. The number of rotatable bonds is 7. The van der Waals surface area contributed by atoms with E-state index in [-0.39, 0.29) is 10.0 Å². The molecule has 158 valence electrons. The summed E-state index contributed by atoms with van der Waals surface area (Å²) in [6.45, 7) is 1.91. The second kappa shape index (κ2) is 8.03. The first-order chi connectivity index (χ1) is 14.3. The molecule has 7 nitrogen and oxygen atoms in total. The number of carbonyl (C=O) groups excluding carboxylic acids is 1. The highest BCUT2D eigenvalue weighted by molar-refractivity contribution is 7.96. The van der Waals surface area contributed by atoms with Gasteiger partial charge in [-0.05, 0) is 50.3 Å². The van der Waals surface area contributed by atoms with Gasteiger partial charge in [0, 0.05) is 25.7 Å². The molecular weight excluding hydrogens is 420 g/mol. The van der Waals surface area contributed by atoms with Crippen LogP contribution in [0.4, 0.5) is 5.82 Å². The van der Waals surface area contributed by atoms with Crippen LogP contribution >= 0.6 is 12.6 Å². The van der Waals surface area contributed by atoms with E-state index < -0.39 is 10.0 Å². The largest absolute Gasteiger partial charge is 0.356 e. The Morgan fingerprint density at radius 2 is 1.90 bits per heavy atom. The van der Waals surface area contributed by atoms with Gasteiger partial charge in [0.25, 0.3) is 10.0 Å². The summed E-state index contributed by atoms with van der Waals surface area (Å²) in [5.74, 6) is 1.23. The van der Waals surface area contributed by atoms with Crippen molar-refractivity contribution in [2.45, 2.75) is 43.5 Å². The molecule has 1 saturated carbocycles. The minimum atomic E-state index is -3.75. The predicted octanol–water partition coefficient (Wildman–Crippen LogP) is 3.43. The van der Waals surface area contributed by atoms with Crippen LogP contribution in [0.5, 0.6) is 0 Å². The third-order valence-corrected chi connectivity index (χ3v) is 7.77. The van der Waals surface area contributed by atoms with Gasteiger partial charge in [-0.25, -0.2) is 22.4 Å². The zero-order valence-electron chi connectivity index (χ0n) is 16.9. The standard InChI is InChI=1S/C21H24N4O3S2/c1-14-3-6-17(7-4-14)30(27,28)25-10-9-18-20(22-13-23-21(18)25)24(2)16-11-15(12-16)5-8-19(26)29/h3-4,6-7,9-10,13,15-16H,5,8,11-12H2,1-2H3,(H,26,29). The first kappa shape index (κ1) is 20.9. The molecule has 0 amide bonds. The monoisotopic (exact) mass is 444 g/mol. The molecule has 30 heavy (non-hydrogen) atoms. The molecule has 0 aliphatic heterocycles. The van der Waals surface area contributed by atoms with Crippen molar-refractivity contribution in [1.29, 1.82) is 0 Å². The molecule has 1 aliphatic rings. The van der Waals surface area contributed by atoms with Gasteiger partial charge in [-0.1, -0.05) is 17.7 Å². The van der Waals surface area contributed by atoms with Crippen molar-refractivity contribution in [3.05, 3.63) is 48.4 Å². The van der Waals surface area contributed by atoms with Crippen LogP contribution in [0.25, 0.3) is 11.0 Å². The Morgan fingerprint density at radius 1 is 1.20 bits per heavy atom. The summed E-state index contributed by atoms with van der Waals surface area (Å²) >= 11 is 3.84. The first-order valence-corrected chi connectivity index (χ1v) is 11.7. The second-order valence-electron chi connectivity index (χ2n) is 7.90. The molecule has 0 unspecified atom stereocenters. The zero-order chi connectivity index (χ0) is 21.5. The normalized spacial score (nSPS) is 18.9. The average Bonchev–Trinajstić information content (AvgIpc) is 3.11. The van der Waals surface area contributed by atoms with E-state index in [1.165, 1.54) is 16.5 Å². The molecular formula is C21H24N4O3S2. The van der Waals surface area contributed by atoms with E-state index in [0.717, 1.165) is 24.8 Å².